The summed E-state index contributed by atoms with van der Waals surface area (Å²) in [5.74, 6) is 0.679. The number of para-hydroxylation sites is 1. The van der Waals surface area contributed by atoms with Crippen LogP contribution >= 0.6 is 15.9 Å². The van der Waals surface area contributed by atoms with E-state index in [4.69, 9.17) is 4.74 Å². The lowest BCUT2D eigenvalue weighted by atomic mass is 10.1. The standard InChI is InChI=1S/C18H15BrN2O2/c19-11-12-6-8-13(9-7-12)18-20-17-15(23-18)10-16(22)21(17)14-4-2-1-3-5-14/h1-9,15,17H,10-11H2/t15-,17+/m0/s1. The molecule has 0 bridgehead atoms. The minimum atomic E-state index is -0.268. The van der Waals surface area contributed by atoms with Gasteiger partial charge < -0.3 is 4.74 Å². The fraction of sp³-hybridized carbons (Fsp3) is 0.222. The molecule has 2 aromatic rings. The van der Waals surface area contributed by atoms with Gasteiger partial charge in [-0.3, -0.25) is 9.69 Å². The monoisotopic (exact) mass is 370 g/mol. The Hall–Kier alpha value is -2.14. The highest BCUT2D eigenvalue weighted by atomic mass is 79.9. The number of hydrogen-bond donors (Lipinski definition) is 0. The third kappa shape index (κ3) is 2.55. The zero-order valence-electron chi connectivity index (χ0n) is 12.4. The summed E-state index contributed by atoms with van der Waals surface area (Å²) in [4.78, 5) is 18.7. The summed E-state index contributed by atoms with van der Waals surface area (Å²) in [6, 6.07) is 17.7. The molecule has 1 amide bonds. The van der Waals surface area contributed by atoms with Crippen LogP contribution < -0.4 is 4.90 Å². The molecule has 1 saturated heterocycles. The van der Waals surface area contributed by atoms with Gasteiger partial charge in [-0.1, -0.05) is 46.3 Å². The van der Waals surface area contributed by atoms with E-state index in [1.54, 1.807) is 4.90 Å². The third-order valence-electron chi connectivity index (χ3n) is 4.14. The highest BCUT2D eigenvalue weighted by molar-refractivity contribution is 9.08. The van der Waals surface area contributed by atoms with Crippen molar-refractivity contribution in [3.63, 3.8) is 0 Å². The van der Waals surface area contributed by atoms with Crippen molar-refractivity contribution in [1.82, 2.24) is 0 Å². The Balaban J connectivity index is 1.64. The highest BCUT2D eigenvalue weighted by Crippen LogP contribution is 2.34. The van der Waals surface area contributed by atoms with E-state index in [1.165, 1.54) is 5.56 Å². The number of benzene rings is 2. The Kier molecular flexibility index (Phi) is 3.65. The number of carbonyl (C=O) groups is 1. The molecule has 5 heteroatoms. The van der Waals surface area contributed by atoms with Gasteiger partial charge in [-0.25, -0.2) is 4.99 Å². The number of carbonyl (C=O) groups excluding carboxylic acids is 1. The Morgan fingerprint density at radius 3 is 2.57 bits per heavy atom. The fourth-order valence-corrected chi connectivity index (χ4v) is 3.37. The first kappa shape index (κ1) is 14.5. The minimum absolute atomic E-state index is 0.0589. The molecule has 23 heavy (non-hydrogen) atoms. The quantitative estimate of drug-likeness (QED) is 0.776. The van der Waals surface area contributed by atoms with Crippen LogP contribution in [0.1, 0.15) is 17.5 Å². The molecule has 2 aliphatic heterocycles. The fourth-order valence-electron chi connectivity index (χ4n) is 2.99. The Bertz CT molecular complexity index is 758. The molecule has 2 heterocycles. The van der Waals surface area contributed by atoms with Crippen LogP contribution in [-0.2, 0) is 14.9 Å². The predicted molar refractivity (Wildman–Crippen MR) is 92.8 cm³/mol. The van der Waals surface area contributed by atoms with Crippen molar-refractivity contribution in [3.05, 3.63) is 65.7 Å². The molecule has 4 nitrogen and oxygen atoms in total. The minimum Gasteiger partial charge on any atom is -0.469 e. The van der Waals surface area contributed by atoms with Gasteiger partial charge in [0.2, 0.25) is 11.8 Å². The number of alkyl halides is 1. The van der Waals surface area contributed by atoms with Crippen LogP contribution in [-0.4, -0.2) is 24.1 Å². The molecule has 1 fully saturated rings. The maximum absolute atomic E-state index is 12.3. The molecule has 0 radical (unpaired) electrons. The second-order valence-electron chi connectivity index (χ2n) is 5.64. The number of ether oxygens (including phenoxy) is 1. The van der Waals surface area contributed by atoms with Gasteiger partial charge in [0.15, 0.2) is 12.3 Å². The van der Waals surface area contributed by atoms with Gasteiger partial charge in [-0.2, -0.15) is 0 Å². The molecular formula is C18H15BrN2O2. The summed E-state index contributed by atoms with van der Waals surface area (Å²) in [5, 5.41) is 0.822. The zero-order valence-corrected chi connectivity index (χ0v) is 13.9. The first-order chi connectivity index (χ1) is 11.3. The molecular weight excluding hydrogens is 356 g/mol. The predicted octanol–water partition coefficient (Wildman–Crippen LogP) is 3.49. The largest absolute Gasteiger partial charge is 0.469 e. The third-order valence-corrected chi connectivity index (χ3v) is 4.79. The first-order valence-corrected chi connectivity index (χ1v) is 8.65. The number of halogens is 1. The molecule has 0 aliphatic carbocycles. The first-order valence-electron chi connectivity index (χ1n) is 7.53. The molecule has 0 unspecified atom stereocenters. The van der Waals surface area contributed by atoms with Crippen molar-refractivity contribution in [3.8, 4) is 0 Å². The van der Waals surface area contributed by atoms with Crippen LogP contribution in [0.25, 0.3) is 0 Å². The van der Waals surface area contributed by atoms with E-state index >= 15 is 0 Å². The van der Waals surface area contributed by atoms with Crippen LogP contribution in [0.3, 0.4) is 0 Å². The smallest absolute Gasteiger partial charge is 0.232 e. The van der Waals surface area contributed by atoms with E-state index in [2.05, 4.69) is 20.9 Å². The summed E-state index contributed by atoms with van der Waals surface area (Å²) in [5.41, 5.74) is 3.02. The maximum atomic E-state index is 12.3. The Morgan fingerprint density at radius 1 is 1.13 bits per heavy atom. The Morgan fingerprint density at radius 2 is 1.87 bits per heavy atom. The number of nitrogens with zero attached hydrogens (tertiary/aromatic N) is 2. The summed E-state index contributed by atoms with van der Waals surface area (Å²) < 4.78 is 5.94. The average molecular weight is 371 g/mol. The van der Waals surface area contributed by atoms with Gasteiger partial charge in [-0.05, 0) is 29.8 Å². The van der Waals surface area contributed by atoms with E-state index in [-0.39, 0.29) is 18.2 Å². The van der Waals surface area contributed by atoms with E-state index < -0.39 is 0 Å². The SMILES string of the molecule is O=C1C[C@@H]2OC(c3ccc(CBr)cc3)=N[C@@H]2N1c1ccccc1. The van der Waals surface area contributed by atoms with E-state index in [0.29, 0.717) is 12.3 Å². The second-order valence-corrected chi connectivity index (χ2v) is 6.20. The molecule has 2 aliphatic rings. The molecule has 2 aromatic carbocycles. The lowest BCUT2D eigenvalue weighted by Gasteiger charge is -2.20. The number of aliphatic imine (C=N–C) groups is 1. The van der Waals surface area contributed by atoms with Gasteiger partial charge in [0.05, 0.1) is 6.42 Å². The van der Waals surface area contributed by atoms with Gasteiger partial charge in [0, 0.05) is 16.6 Å². The lowest BCUT2D eigenvalue weighted by molar-refractivity contribution is -0.117. The van der Waals surface area contributed by atoms with Crippen molar-refractivity contribution < 1.29 is 9.53 Å². The number of anilines is 1. The molecule has 0 N–H and O–H groups in total. The number of amides is 1. The van der Waals surface area contributed by atoms with Crippen LogP contribution in [0.15, 0.2) is 59.6 Å². The lowest BCUT2D eigenvalue weighted by Crippen LogP contribution is -2.33. The molecule has 0 aromatic heterocycles. The molecule has 4 rings (SSSR count). The van der Waals surface area contributed by atoms with Crippen LogP contribution in [0.2, 0.25) is 0 Å². The summed E-state index contributed by atoms with van der Waals surface area (Å²) in [7, 11) is 0. The molecule has 116 valence electrons. The van der Waals surface area contributed by atoms with Gasteiger partial charge in [0.1, 0.15) is 0 Å². The molecule has 0 saturated carbocycles. The number of fused-ring (bicyclic) bond motifs is 1. The molecule has 0 spiro atoms. The van der Waals surface area contributed by atoms with Gasteiger partial charge in [0.25, 0.3) is 0 Å². The van der Waals surface area contributed by atoms with E-state index in [1.807, 2.05) is 54.6 Å². The Labute approximate surface area is 142 Å². The summed E-state index contributed by atoms with van der Waals surface area (Å²) in [6.07, 6.45) is -0.101. The topological polar surface area (TPSA) is 41.9 Å². The van der Waals surface area contributed by atoms with E-state index in [0.717, 1.165) is 16.6 Å². The van der Waals surface area contributed by atoms with E-state index in [9.17, 15) is 4.79 Å². The second kappa shape index (κ2) is 5.81. The number of hydrogen-bond acceptors (Lipinski definition) is 3. The van der Waals surface area contributed by atoms with Crippen LogP contribution in [0, 0.1) is 0 Å². The van der Waals surface area contributed by atoms with Crippen molar-refractivity contribution in [2.45, 2.75) is 24.0 Å². The van der Waals surface area contributed by atoms with Gasteiger partial charge >= 0.3 is 0 Å². The van der Waals surface area contributed by atoms with Crippen molar-refractivity contribution in [2.75, 3.05) is 4.90 Å². The van der Waals surface area contributed by atoms with Crippen molar-refractivity contribution in [1.29, 1.82) is 0 Å². The van der Waals surface area contributed by atoms with Crippen LogP contribution in [0.5, 0.6) is 0 Å². The highest BCUT2D eigenvalue weighted by Gasteiger charge is 2.46. The summed E-state index contributed by atoms with van der Waals surface area (Å²) in [6.45, 7) is 0. The average Bonchev–Trinajstić information content (AvgIpc) is 3.12. The van der Waals surface area contributed by atoms with Crippen molar-refractivity contribution >= 4 is 33.4 Å². The van der Waals surface area contributed by atoms with Crippen LogP contribution in [0.4, 0.5) is 5.69 Å². The zero-order chi connectivity index (χ0) is 15.8. The van der Waals surface area contributed by atoms with Gasteiger partial charge in [-0.15, -0.1) is 0 Å². The normalized spacial score (nSPS) is 22.7. The molecule has 2 atom stereocenters. The maximum Gasteiger partial charge on any atom is 0.232 e. The summed E-state index contributed by atoms with van der Waals surface area (Å²) >= 11 is 3.44. The van der Waals surface area contributed by atoms with Crippen molar-refractivity contribution in [2.24, 2.45) is 4.99 Å². The number of rotatable bonds is 3.